The first-order valence-corrected chi connectivity index (χ1v) is 16.3. The minimum absolute atomic E-state index is 0.711. The van der Waals surface area contributed by atoms with Gasteiger partial charge in [0.2, 0.25) is 0 Å². The summed E-state index contributed by atoms with van der Waals surface area (Å²) in [6, 6.07) is 12.9. The molecule has 0 radical (unpaired) electrons. The molecule has 0 amide bonds. The Balaban J connectivity index is 1.64. The van der Waals surface area contributed by atoms with Crippen molar-refractivity contribution in [1.82, 2.24) is 0 Å². The van der Waals surface area contributed by atoms with Gasteiger partial charge < -0.3 is 9.64 Å². The van der Waals surface area contributed by atoms with Crippen LogP contribution in [-0.2, 0) is 0 Å². The number of fused-ring (bicyclic) bond motifs is 2. The fraction of sp³-hybridized carbons (Fsp3) is 0.625. The van der Waals surface area contributed by atoms with Crippen LogP contribution in [-0.4, -0.2) is 6.54 Å². The first-order chi connectivity index (χ1) is 17.6. The van der Waals surface area contributed by atoms with Crippen molar-refractivity contribution in [3.63, 3.8) is 0 Å². The molecule has 0 fully saturated rings. The molecule has 1 unspecified atom stereocenters. The average Bonchev–Trinajstić information content (AvgIpc) is 2.86. The predicted molar refractivity (Wildman–Crippen MR) is 164 cm³/mol. The molecule has 1 atom stereocenters. The van der Waals surface area contributed by atoms with E-state index in [0.717, 1.165) is 27.0 Å². The highest BCUT2D eigenvalue weighted by atomic mass is 79.9. The fourth-order valence-corrected chi connectivity index (χ4v) is 6.08. The Morgan fingerprint density at radius 3 is 1.47 bits per heavy atom. The number of rotatable bonds is 18. The topological polar surface area (TPSA) is 12.5 Å². The number of hydrogen-bond acceptors (Lipinski definition) is 2. The zero-order valence-corrected chi connectivity index (χ0v) is 25.8. The van der Waals surface area contributed by atoms with E-state index in [0.29, 0.717) is 5.92 Å². The van der Waals surface area contributed by atoms with Crippen molar-refractivity contribution in [2.24, 2.45) is 5.92 Å². The number of benzene rings is 2. The summed E-state index contributed by atoms with van der Waals surface area (Å²) >= 11 is 7.27. The van der Waals surface area contributed by atoms with Crippen molar-refractivity contribution in [2.45, 2.75) is 117 Å². The van der Waals surface area contributed by atoms with E-state index in [1.165, 1.54) is 114 Å². The van der Waals surface area contributed by atoms with E-state index in [2.05, 4.69) is 87.0 Å². The highest BCUT2D eigenvalue weighted by Crippen LogP contribution is 2.48. The standard InChI is InChI=1S/C32H47Br2NO/c1-3-5-7-9-11-12-14-16-18-26(17-15-13-10-8-6-4-2)25-35-29-21-19-27(33)23-31(29)36-32-24-28(34)20-22-30(32)35/h19-24,26H,3-18,25H2,1-2H3. The van der Waals surface area contributed by atoms with Crippen molar-refractivity contribution in [2.75, 3.05) is 11.4 Å². The van der Waals surface area contributed by atoms with Gasteiger partial charge in [-0.3, -0.25) is 0 Å². The van der Waals surface area contributed by atoms with E-state index < -0.39 is 0 Å². The van der Waals surface area contributed by atoms with E-state index in [1.54, 1.807) is 0 Å². The summed E-state index contributed by atoms with van der Waals surface area (Å²) in [4.78, 5) is 2.53. The lowest BCUT2D eigenvalue weighted by molar-refractivity contribution is 0.401. The number of anilines is 2. The molecule has 0 saturated heterocycles. The number of halogens is 2. The molecule has 0 saturated carbocycles. The van der Waals surface area contributed by atoms with E-state index in [9.17, 15) is 0 Å². The highest BCUT2D eigenvalue weighted by molar-refractivity contribution is 9.10. The van der Waals surface area contributed by atoms with E-state index in [-0.39, 0.29) is 0 Å². The number of unbranched alkanes of at least 4 members (excludes halogenated alkanes) is 12. The first kappa shape index (κ1) is 29.6. The summed E-state index contributed by atoms with van der Waals surface area (Å²) in [6.07, 6.45) is 22.0. The smallest absolute Gasteiger partial charge is 0.152 e. The summed E-state index contributed by atoms with van der Waals surface area (Å²) in [7, 11) is 0. The second kappa shape index (κ2) is 16.8. The van der Waals surface area contributed by atoms with Gasteiger partial charge in [0.1, 0.15) is 0 Å². The van der Waals surface area contributed by atoms with Crippen molar-refractivity contribution in [3.05, 3.63) is 45.3 Å². The molecule has 0 aromatic heterocycles. The zero-order chi connectivity index (χ0) is 25.6. The number of nitrogens with zero attached hydrogens (tertiary/aromatic N) is 1. The van der Waals surface area contributed by atoms with Crippen LogP contribution in [0.1, 0.15) is 117 Å². The van der Waals surface area contributed by atoms with Gasteiger partial charge in [0, 0.05) is 15.5 Å². The van der Waals surface area contributed by atoms with Gasteiger partial charge in [-0.2, -0.15) is 0 Å². The Bertz CT molecular complexity index is 848. The second-order valence-electron chi connectivity index (χ2n) is 10.6. The van der Waals surface area contributed by atoms with E-state index in [4.69, 9.17) is 4.74 Å². The van der Waals surface area contributed by atoms with Crippen molar-refractivity contribution < 1.29 is 4.74 Å². The molecule has 2 nitrogen and oxygen atoms in total. The zero-order valence-electron chi connectivity index (χ0n) is 22.7. The summed E-state index contributed by atoms with van der Waals surface area (Å²) in [6.45, 7) is 5.67. The van der Waals surface area contributed by atoms with Crippen LogP contribution in [0.15, 0.2) is 45.3 Å². The Labute approximate surface area is 237 Å². The van der Waals surface area contributed by atoms with Crippen molar-refractivity contribution in [3.8, 4) is 11.5 Å². The third-order valence-corrected chi connectivity index (χ3v) is 8.50. The van der Waals surface area contributed by atoms with Gasteiger partial charge in [0.25, 0.3) is 0 Å². The molecular formula is C32H47Br2NO. The van der Waals surface area contributed by atoms with Crippen LogP contribution < -0.4 is 9.64 Å². The molecular weight excluding hydrogens is 574 g/mol. The Morgan fingerprint density at radius 1 is 0.611 bits per heavy atom. The van der Waals surface area contributed by atoms with Crippen LogP contribution in [0, 0.1) is 5.92 Å². The largest absolute Gasteiger partial charge is 0.453 e. The van der Waals surface area contributed by atoms with Gasteiger partial charge in [0.15, 0.2) is 11.5 Å². The number of ether oxygens (including phenoxy) is 1. The van der Waals surface area contributed by atoms with Gasteiger partial charge in [-0.05, 0) is 55.2 Å². The van der Waals surface area contributed by atoms with Crippen LogP contribution in [0.3, 0.4) is 0 Å². The quantitative estimate of drug-likeness (QED) is 0.154. The normalized spacial score (nSPS) is 13.3. The summed E-state index contributed by atoms with van der Waals surface area (Å²) in [5, 5.41) is 0. The van der Waals surface area contributed by atoms with Crippen LogP contribution >= 0.6 is 31.9 Å². The molecule has 1 aliphatic heterocycles. The van der Waals surface area contributed by atoms with Crippen LogP contribution in [0.2, 0.25) is 0 Å². The summed E-state index contributed by atoms with van der Waals surface area (Å²) in [5.41, 5.74) is 2.38. The monoisotopic (exact) mass is 619 g/mol. The molecule has 3 rings (SSSR count). The van der Waals surface area contributed by atoms with E-state index in [1.807, 2.05) is 0 Å². The second-order valence-corrected chi connectivity index (χ2v) is 12.5. The lowest BCUT2D eigenvalue weighted by Gasteiger charge is -2.35. The first-order valence-electron chi connectivity index (χ1n) is 14.7. The summed E-state index contributed by atoms with van der Waals surface area (Å²) in [5.74, 6) is 2.60. The third kappa shape index (κ3) is 9.71. The highest BCUT2D eigenvalue weighted by Gasteiger charge is 2.27. The predicted octanol–water partition coefficient (Wildman–Crippen LogP) is 12.4. The molecule has 4 heteroatoms. The maximum absolute atomic E-state index is 6.34. The molecule has 2 aromatic rings. The molecule has 0 aliphatic carbocycles. The SMILES string of the molecule is CCCCCCCCCCC(CCCCCCCC)CN1c2ccc(Br)cc2Oc2cc(Br)ccc21. The number of hydrogen-bond donors (Lipinski definition) is 0. The molecule has 200 valence electrons. The Morgan fingerprint density at radius 2 is 1.03 bits per heavy atom. The minimum Gasteiger partial charge on any atom is -0.453 e. The third-order valence-electron chi connectivity index (χ3n) is 7.52. The van der Waals surface area contributed by atoms with Gasteiger partial charge in [-0.1, -0.05) is 136 Å². The molecule has 2 aromatic carbocycles. The maximum Gasteiger partial charge on any atom is 0.152 e. The van der Waals surface area contributed by atoms with Crippen molar-refractivity contribution >= 4 is 43.2 Å². The Hall–Kier alpha value is -1.00. The minimum atomic E-state index is 0.711. The molecule has 0 spiro atoms. The van der Waals surface area contributed by atoms with Gasteiger partial charge in [-0.25, -0.2) is 0 Å². The lowest BCUT2D eigenvalue weighted by atomic mass is 9.92. The molecule has 1 aliphatic rings. The van der Waals surface area contributed by atoms with Gasteiger partial charge in [-0.15, -0.1) is 0 Å². The van der Waals surface area contributed by atoms with Crippen LogP contribution in [0.5, 0.6) is 11.5 Å². The van der Waals surface area contributed by atoms with Crippen LogP contribution in [0.25, 0.3) is 0 Å². The molecule has 0 bridgehead atoms. The van der Waals surface area contributed by atoms with E-state index >= 15 is 0 Å². The molecule has 1 heterocycles. The van der Waals surface area contributed by atoms with Crippen LogP contribution in [0.4, 0.5) is 11.4 Å². The fourth-order valence-electron chi connectivity index (χ4n) is 5.40. The van der Waals surface area contributed by atoms with Gasteiger partial charge in [0.05, 0.1) is 11.4 Å². The van der Waals surface area contributed by atoms with Crippen molar-refractivity contribution in [1.29, 1.82) is 0 Å². The molecule has 0 N–H and O–H groups in total. The average molecular weight is 622 g/mol. The summed E-state index contributed by atoms with van der Waals surface area (Å²) < 4.78 is 8.45. The van der Waals surface area contributed by atoms with Gasteiger partial charge >= 0.3 is 0 Å². The Kier molecular flexibility index (Phi) is 13.8. The lowest BCUT2D eigenvalue weighted by Crippen LogP contribution is -2.28. The molecule has 36 heavy (non-hydrogen) atoms. The maximum atomic E-state index is 6.34.